The molecule has 1 heteroatoms. The van der Waals surface area contributed by atoms with E-state index in [0.717, 1.165) is 0 Å². The summed E-state index contributed by atoms with van der Waals surface area (Å²) in [5.74, 6) is 0. The maximum absolute atomic E-state index is 4.17. The first-order chi connectivity index (χ1) is 6.88. The zero-order valence-corrected chi connectivity index (χ0v) is 8.58. The van der Waals surface area contributed by atoms with Crippen molar-refractivity contribution in [2.75, 3.05) is 13.1 Å². The van der Waals surface area contributed by atoms with Crippen LogP contribution in [0.5, 0.6) is 0 Å². The smallest absolute Gasteiger partial charge is 0.0366 e. The molecular formula is C13H17N. The topological polar surface area (TPSA) is 3.24 Å². The molecule has 0 unspecified atom stereocenters. The zero-order valence-electron chi connectivity index (χ0n) is 8.58. The minimum Gasteiger partial charge on any atom is -0.372 e. The molecule has 1 aliphatic heterocycles. The van der Waals surface area contributed by atoms with Crippen LogP contribution in [-0.2, 0) is 0 Å². The van der Waals surface area contributed by atoms with Gasteiger partial charge in [-0.15, -0.1) is 0 Å². The van der Waals surface area contributed by atoms with E-state index in [1.807, 2.05) is 6.07 Å². The molecule has 1 aromatic rings. The third kappa shape index (κ3) is 1.98. The van der Waals surface area contributed by atoms with E-state index in [-0.39, 0.29) is 0 Å². The molecule has 0 atom stereocenters. The Bertz CT molecular complexity index is 296. The average molecular weight is 187 g/mol. The maximum atomic E-state index is 4.17. The predicted octanol–water partition coefficient (Wildman–Crippen LogP) is 3.14. The summed E-state index contributed by atoms with van der Waals surface area (Å²) in [4.78, 5) is 2.40. The number of rotatable bonds is 2. The monoisotopic (exact) mass is 187 g/mol. The van der Waals surface area contributed by atoms with Crippen LogP contribution < -0.4 is 0 Å². The van der Waals surface area contributed by atoms with Crippen molar-refractivity contribution >= 4 is 5.70 Å². The van der Waals surface area contributed by atoms with Crippen LogP contribution in [0.1, 0.15) is 24.8 Å². The molecule has 0 radical (unpaired) electrons. The highest BCUT2D eigenvalue weighted by atomic mass is 15.1. The maximum Gasteiger partial charge on any atom is 0.0366 e. The fraction of sp³-hybridized carbons (Fsp3) is 0.385. The summed E-state index contributed by atoms with van der Waals surface area (Å²) in [5.41, 5.74) is 2.44. The average Bonchev–Trinajstić information content (AvgIpc) is 2.30. The number of nitrogens with zero attached hydrogens (tertiary/aromatic N) is 1. The van der Waals surface area contributed by atoms with E-state index in [1.54, 1.807) is 0 Å². The van der Waals surface area contributed by atoms with E-state index in [1.165, 1.54) is 43.6 Å². The Kier molecular flexibility index (Phi) is 2.87. The van der Waals surface area contributed by atoms with Gasteiger partial charge in [-0.2, -0.15) is 0 Å². The van der Waals surface area contributed by atoms with Crippen molar-refractivity contribution in [3.63, 3.8) is 0 Å². The lowest BCUT2D eigenvalue weighted by Crippen LogP contribution is -2.27. The van der Waals surface area contributed by atoms with Crippen molar-refractivity contribution in [3.8, 4) is 0 Å². The summed E-state index contributed by atoms with van der Waals surface area (Å²) >= 11 is 0. The van der Waals surface area contributed by atoms with E-state index in [2.05, 4.69) is 35.7 Å². The lowest BCUT2D eigenvalue weighted by Gasteiger charge is -2.30. The van der Waals surface area contributed by atoms with E-state index in [9.17, 15) is 0 Å². The van der Waals surface area contributed by atoms with Gasteiger partial charge in [0.2, 0.25) is 0 Å². The van der Waals surface area contributed by atoms with Crippen molar-refractivity contribution in [1.29, 1.82) is 0 Å². The van der Waals surface area contributed by atoms with Gasteiger partial charge in [-0.1, -0.05) is 36.9 Å². The van der Waals surface area contributed by atoms with Crippen molar-refractivity contribution in [3.05, 3.63) is 42.5 Å². The number of benzene rings is 1. The van der Waals surface area contributed by atoms with Crippen molar-refractivity contribution < 1.29 is 0 Å². The van der Waals surface area contributed by atoms with Crippen LogP contribution in [0.4, 0.5) is 0 Å². The SMILES string of the molecule is C=C(c1ccccc1)N1CCCCC1. The standard InChI is InChI=1S/C13H17N/c1-12(13-8-4-2-5-9-13)14-10-6-3-7-11-14/h2,4-5,8-9H,1,3,6-7,10-11H2. The van der Waals surface area contributed by atoms with Crippen molar-refractivity contribution in [2.45, 2.75) is 19.3 Å². The fourth-order valence-electron chi connectivity index (χ4n) is 1.98. The quantitative estimate of drug-likeness (QED) is 0.687. The number of hydrogen-bond donors (Lipinski definition) is 0. The third-order valence-corrected chi connectivity index (χ3v) is 2.84. The first-order valence-corrected chi connectivity index (χ1v) is 5.37. The van der Waals surface area contributed by atoms with Gasteiger partial charge < -0.3 is 4.90 Å². The van der Waals surface area contributed by atoms with E-state index in [0.29, 0.717) is 0 Å². The molecule has 0 aromatic heterocycles. The summed E-state index contributed by atoms with van der Waals surface area (Å²) in [6.07, 6.45) is 4.00. The van der Waals surface area contributed by atoms with Gasteiger partial charge in [-0.25, -0.2) is 0 Å². The second-order valence-electron chi connectivity index (χ2n) is 3.86. The highest BCUT2D eigenvalue weighted by Gasteiger charge is 2.12. The Morgan fingerprint density at radius 1 is 1.00 bits per heavy atom. The van der Waals surface area contributed by atoms with Gasteiger partial charge in [0.15, 0.2) is 0 Å². The first kappa shape index (κ1) is 9.32. The molecule has 1 aromatic carbocycles. The number of piperidine rings is 1. The van der Waals surface area contributed by atoms with Crippen LogP contribution >= 0.6 is 0 Å². The van der Waals surface area contributed by atoms with Gasteiger partial charge in [-0.05, 0) is 24.8 Å². The normalized spacial score (nSPS) is 16.7. The Morgan fingerprint density at radius 3 is 2.29 bits per heavy atom. The van der Waals surface area contributed by atoms with Gasteiger partial charge in [0.25, 0.3) is 0 Å². The molecule has 0 amide bonds. The molecule has 74 valence electrons. The zero-order chi connectivity index (χ0) is 9.80. The van der Waals surface area contributed by atoms with Gasteiger partial charge in [0, 0.05) is 18.8 Å². The van der Waals surface area contributed by atoms with Gasteiger partial charge in [-0.3, -0.25) is 0 Å². The molecule has 0 aliphatic carbocycles. The van der Waals surface area contributed by atoms with Crippen LogP contribution in [-0.4, -0.2) is 18.0 Å². The molecule has 0 N–H and O–H groups in total. The third-order valence-electron chi connectivity index (χ3n) is 2.84. The highest BCUT2D eigenvalue weighted by Crippen LogP contribution is 2.21. The Balaban J connectivity index is 2.07. The fourth-order valence-corrected chi connectivity index (χ4v) is 1.98. The first-order valence-electron chi connectivity index (χ1n) is 5.37. The second-order valence-corrected chi connectivity index (χ2v) is 3.86. The molecular weight excluding hydrogens is 170 g/mol. The van der Waals surface area contributed by atoms with Crippen molar-refractivity contribution in [1.82, 2.24) is 4.90 Å². The van der Waals surface area contributed by atoms with E-state index in [4.69, 9.17) is 0 Å². The Morgan fingerprint density at radius 2 is 1.64 bits per heavy atom. The molecule has 0 spiro atoms. The lowest BCUT2D eigenvalue weighted by molar-refractivity contribution is 0.326. The van der Waals surface area contributed by atoms with E-state index < -0.39 is 0 Å². The van der Waals surface area contributed by atoms with Crippen molar-refractivity contribution in [2.24, 2.45) is 0 Å². The summed E-state index contributed by atoms with van der Waals surface area (Å²) in [6, 6.07) is 10.5. The van der Waals surface area contributed by atoms with Gasteiger partial charge >= 0.3 is 0 Å². The minimum atomic E-state index is 1.17. The van der Waals surface area contributed by atoms with Crippen LogP contribution in [0.25, 0.3) is 5.70 Å². The van der Waals surface area contributed by atoms with Crippen LogP contribution in [0.15, 0.2) is 36.9 Å². The molecule has 0 saturated carbocycles. The number of hydrogen-bond acceptors (Lipinski definition) is 1. The summed E-state index contributed by atoms with van der Waals surface area (Å²) < 4.78 is 0. The van der Waals surface area contributed by atoms with Crippen LogP contribution in [0.2, 0.25) is 0 Å². The molecule has 0 bridgehead atoms. The minimum absolute atomic E-state index is 1.17. The molecule has 14 heavy (non-hydrogen) atoms. The molecule has 1 saturated heterocycles. The largest absolute Gasteiger partial charge is 0.372 e. The highest BCUT2D eigenvalue weighted by molar-refractivity contribution is 5.61. The summed E-state index contributed by atoms with van der Waals surface area (Å²) in [7, 11) is 0. The molecule has 1 aliphatic rings. The Hall–Kier alpha value is -1.24. The van der Waals surface area contributed by atoms with Crippen LogP contribution in [0, 0.1) is 0 Å². The van der Waals surface area contributed by atoms with Gasteiger partial charge in [0.05, 0.1) is 0 Å². The second kappa shape index (κ2) is 4.32. The lowest BCUT2D eigenvalue weighted by atomic mass is 10.1. The molecule has 2 rings (SSSR count). The van der Waals surface area contributed by atoms with Gasteiger partial charge in [0.1, 0.15) is 0 Å². The van der Waals surface area contributed by atoms with Crippen LogP contribution in [0.3, 0.4) is 0 Å². The number of likely N-dealkylation sites (tertiary alicyclic amines) is 1. The molecule has 1 fully saturated rings. The molecule has 1 heterocycles. The Labute approximate surface area is 86.1 Å². The summed E-state index contributed by atoms with van der Waals surface area (Å²) in [5, 5.41) is 0. The molecule has 1 nitrogen and oxygen atoms in total. The predicted molar refractivity (Wildman–Crippen MR) is 60.9 cm³/mol. The van der Waals surface area contributed by atoms with E-state index >= 15 is 0 Å². The summed E-state index contributed by atoms with van der Waals surface area (Å²) in [6.45, 7) is 6.52.